The van der Waals surface area contributed by atoms with Crippen LogP contribution in [0.1, 0.15) is 32.9 Å². The number of guanidine groups is 1. The van der Waals surface area contributed by atoms with Crippen LogP contribution >= 0.6 is 22.7 Å². The quantitative estimate of drug-likeness (QED) is 0.600. The minimum atomic E-state index is 0.636. The molecular formula is C18H27N5S2. The molecular weight excluding hydrogens is 350 g/mol. The number of hydrogen-bond acceptors (Lipinski definition) is 5. The van der Waals surface area contributed by atoms with Gasteiger partial charge in [0.05, 0.1) is 12.2 Å². The minimum Gasteiger partial charge on any atom is -0.357 e. The van der Waals surface area contributed by atoms with Crippen LogP contribution < -0.4 is 10.6 Å². The molecule has 0 bridgehead atoms. The average molecular weight is 378 g/mol. The predicted molar refractivity (Wildman–Crippen MR) is 108 cm³/mol. The zero-order chi connectivity index (χ0) is 17.6. The van der Waals surface area contributed by atoms with Crippen molar-refractivity contribution in [3.63, 3.8) is 0 Å². The Kier molecular flexibility index (Phi) is 6.45. The lowest BCUT2D eigenvalue weighted by atomic mass is 10.1. The van der Waals surface area contributed by atoms with E-state index < -0.39 is 0 Å². The molecule has 0 saturated carbocycles. The highest BCUT2D eigenvalue weighted by Gasteiger charge is 2.16. The van der Waals surface area contributed by atoms with E-state index in [4.69, 9.17) is 0 Å². The lowest BCUT2D eigenvalue weighted by Crippen LogP contribution is -2.42. The Hall–Kier alpha value is -1.44. The van der Waals surface area contributed by atoms with Gasteiger partial charge >= 0.3 is 0 Å². The Bertz CT molecular complexity index is 699. The third-order valence-corrected chi connectivity index (χ3v) is 6.48. The number of aromatic nitrogens is 1. The first kappa shape index (κ1) is 18.4. The second kappa shape index (κ2) is 8.78. The number of aliphatic imine (C=N–C) groups is 1. The highest BCUT2D eigenvalue weighted by Crippen LogP contribution is 2.23. The number of nitrogens with one attached hydrogen (secondary N) is 2. The topological polar surface area (TPSA) is 52.6 Å². The Balaban J connectivity index is 1.47. The lowest BCUT2D eigenvalue weighted by Gasteiger charge is -2.27. The third-order valence-electron chi connectivity index (χ3n) is 4.40. The molecule has 7 heteroatoms. The summed E-state index contributed by atoms with van der Waals surface area (Å²) < 4.78 is 0. The third kappa shape index (κ3) is 5.03. The van der Waals surface area contributed by atoms with Gasteiger partial charge in [0.1, 0.15) is 5.01 Å². The molecule has 0 saturated heterocycles. The zero-order valence-corrected chi connectivity index (χ0v) is 16.9. The number of nitrogens with zero attached hydrogens (tertiary/aromatic N) is 3. The largest absolute Gasteiger partial charge is 0.357 e. The molecule has 0 unspecified atom stereocenters. The molecule has 2 N–H and O–H groups in total. The summed E-state index contributed by atoms with van der Waals surface area (Å²) in [5.74, 6) is 0.876. The minimum absolute atomic E-state index is 0.636. The van der Waals surface area contributed by atoms with Crippen molar-refractivity contribution in [3.05, 3.63) is 37.5 Å². The van der Waals surface area contributed by atoms with E-state index in [1.807, 2.05) is 11.3 Å². The SMILES string of the molecule is CCNC(=NCc1nc(C)c(C)s1)NCCN1CCc2sccc2C1. The monoisotopic (exact) mass is 377 g/mol. The van der Waals surface area contributed by atoms with Crippen LogP contribution in [0.2, 0.25) is 0 Å². The number of hydrogen-bond donors (Lipinski definition) is 2. The van der Waals surface area contributed by atoms with Crippen molar-refractivity contribution in [2.24, 2.45) is 4.99 Å². The maximum Gasteiger partial charge on any atom is 0.191 e. The van der Waals surface area contributed by atoms with Gasteiger partial charge in [0.2, 0.25) is 0 Å². The average Bonchev–Trinajstić information content (AvgIpc) is 3.19. The second-order valence-corrected chi connectivity index (χ2v) is 8.55. The first-order valence-corrected chi connectivity index (χ1v) is 10.6. The summed E-state index contributed by atoms with van der Waals surface area (Å²) in [6, 6.07) is 2.27. The van der Waals surface area contributed by atoms with Crippen molar-refractivity contribution in [3.8, 4) is 0 Å². The van der Waals surface area contributed by atoms with E-state index in [0.717, 1.165) is 49.4 Å². The first-order chi connectivity index (χ1) is 12.2. The zero-order valence-electron chi connectivity index (χ0n) is 15.3. The fourth-order valence-electron chi connectivity index (χ4n) is 2.93. The van der Waals surface area contributed by atoms with Crippen LogP contribution in [0.25, 0.3) is 0 Å². The van der Waals surface area contributed by atoms with E-state index in [1.165, 1.54) is 16.9 Å². The number of rotatable bonds is 6. The summed E-state index contributed by atoms with van der Waals surface area (Å²) >= 11 is 3.63. The second-order valence-electron chi connectivity index (χ2n) is 6.27. The summed E-state index contributed by atoms with van der Waals surface area (Å²) in [7, 11) is 0. The van der Waals surface area contributed by atoms with Gasteiger partial charge in [-0.05, 0) is 44.2 Å². The molecule has 0 radical (unpaired) electrons. The molecule has 0 aromatic carbocycles. The van der Waals surface area contributed by atoms with Crippen LogP contribution in [0.3, 0.4) is 0 Å². The van der Waals surface area contributed by atoms with Crippen molar-refractivity contribution in [1.82, 2.24) is 20.5 Å². The molecule has 0 fully saturated rings. The van der Waals surface area contributed by atoms with Crippen molar-refractivity contribution in [2.75, 3.05) is 26.2 Å². The molecule has 1 aliphatic rings. The van der Waals surface area contributed by atoms with Crippen LogP contribution in [0, 0.1) is 13.8 Å². The molecule has 0 spiro atoms. The molecule has 5 nitrogen and oxygen atoms in total. The smallest absolute Gasteiger partial charge is 0.191 e. The molecule has 136 valence electrons. The van der Waals surface area contributed by atoms with E-state index in [2.05, 4.69) is 57.7 Å². The van der Waals surface area contributed by atoms with E-state index in [1.54, 1.807) is 16.2 Å². The molecule has 3 rings (SSSR count). The van der Waals surface area contributed by atoms with Gasteiger partial charge in [0.25, 0.3) is 0 Å². The van der Waals surface area contributed by atoms with Crippen LogP contribution in [0.4, 0.5) is 0 Å². The van der Waals surface area contributed by atoms with Gasteiger partial charge in [-0.25, -0.2) is 9.98 Å². The summed E-state index contributed by atoms with van der Waals surface area (Å²) in [5, 5.41) is 10.1. The van der Waals surface area contributed by atoms with Gasteiger partial charge in [0.15, 0.2) is 5.96 Å². The number of fused-ring (bicyclic) bond motifs is 1. The van der Waals surface area contributed by atoms with Gasteiger partial charge in [-0.3, -0.25) is 4.90 Å². The summed E-state index contributed by atoms with van der Waals surface area (Å²) in [4.78, 5) is 14.6. The molecule has 2 aromatic heterocycles. The van der Waals surface area contributed by atoms with Crippen molar-refractivity contribution in [2.45, 2.75) is 40.3 Å². The summed E-state index contributed by atoms with van der Waals surface area (Å²) in [6.45, 7) is 11.9. The van der Waals surface area contributed by atoms with Crippen LogP contribution in [0.15, 0.2) is 16.4 Å². The number of aryl methyl sites for hydroxylation is 2. The van der Waals surface area contributed by atoms with Gasteiger partial charge in [-0.1, -0.05) is 0 Å². The molecule has 0 amide bonds. The Morgan fingerprint density at radius 2 is 2.24 bits per heavy atom. The Morgan fingerprint density at radius 3 is 3.00 bits per heavy atom. The molecule has 3 heterocycles. The predicted octanol–water partition coefficient (Wildman–Crippen LogP) is 2.93. The Morgan fingerprint density at radius 1 is 1.36 bits per heavy atom. The van der Waals surface area contributed by atoms with Crippen molar-refractivity contribution >= 4 is 28.6 Å². The molecule has 0 atom stereocenters. The standard InChI is InChI=1S/C18H27N5S2/c1-4-19-18(21-11-17-22-13(2)14(3)25-17)20-7-9-23-8-5-16-15(12-23)6-10-24-16/h6,10H,4-5,7-9,11-12H2,1-3H3,(H2,19,20,21). The highest BCUT2D eigenvalue weighted by molar-refractivity contribution is 7.11. The fraction of sp³-hybridized carbons (Fsp3) is 0.556. The Labute approximate surface area is 158 Å². The lowest BCUT2D eigenvalue weighted by molar-refractivity contribution is 0.260. The molecule has 2 aromatic rings. The van der Waals surface area contributed by atoms with Crippen LogP contribution in [-0.4, -0.2) is 42.0 Å². The van der Waals surface area contributed by atoms with Gasteiger partial charge in [0, 0.05) is 42.5 Å². The van der Waals surface area contributed by atoms with Gasteiger partial charge in [-0.2, -0.15) is 0 Å². The van der Waals surface area contributed by atoms with Crippen LogP contribution in [0.5, 0.6) is 0 Å². The number of thiazole rings is 1. The van der Waals surface area contributed by atoms with Crippen molar-refractivity contribution < 1.29 is 0 Å². The molecule has 1 aliphatic heterocycles. The normalized spacial score (nSPS) is 15.2. The van der Waals surface area contributed by atoms with Gasteiger partial charge in [-0.15, -0.1) is 22.7 Å². The van der Waals surface area contributed by atoms with E-state index in [-0.39, 0.29) is 0 Å². The molecule has 0 aliphatic carbocycles. The maximum absolute atomic E-state index is 4.67. The van der Waals surface area contributed by atoms with Crippen LogP contribution in [-0.2, 0) is 19.5 Å². The summed E-state index contributed by atoms with van der Waals surface area (Å²) in [6.07, 6.45) is 1.18. The maximum atomic E-state index is 4.67. The van der Waals surface area contributed by atoms with E-state index >= 15 is 0 Å². The summed E-state index contributed by atoms with van der Waals surface area (Å²) in [5.41, 5.74) is 2.62. The van der Waals surface area contributed by atoms with E-state index in [0.29, 0.717) is 6.54 Å². The molecule has 25 heavy (non-hydrogen) atoms. The first-order valence-electron chi connectivity index (χ1n) is 8.88. The highest BCUT2D eigenvalue weighted by atomic mass is 32.1. The van der Waals surface area contributed by atoms with Gasteiger partial charge < -0.3 is 10.6 Å². The van der Waals surface area contributed by atoms with E-state index in [9.17, 15) is 0 Å². The number of thiophene rings is 1. The van der Waals surface area contributed by atoms with Crippen molar-refractivity contribution in [1.29, 1.82) is 0 Å². The fourth-order valence-corrected chi connectivity index (χ4v) is 4.67.